The molecule has 0 bridgehead atoms. The first kappa shape index (κ1) is 26.2. The van der Waals surface area contributed by atoms with Crippen molar-refractivity contribution in [2.75, 3.05) is 24.2 Å². The zero-order valence-electron chi connectivity index (χ0n) is 19.6. The molecule has 0 radical (unpaired) electrons. The van der Waals surface area contributed by atoms with E-state index >= 15 is 0 Å². The van der Waals surface area contributed by atoms with Crippen LogP contribution in [0.4, 0.5) is 27.6 Å². The average molecular weight is 533 g/mol. The topological polar surface area (TPSA) is 66.9 Å². The Morgan fingerprint density at radius 1 is 1.08 bits per heavy atom. The van der Waals surface area contributed by atoms with Gasteiger partial charge in [0.15, 0.2) is 15.9 Å². The molecule has 1 amide bonds. The van der Waals surface area contributed by atoms with Crippen LogP contribution in [0.3, 0.4) is 0 Å². The number of carbonyl (C=O) groups is 1. The van der Waals surface area contributed by atoms with E-state index in [-0.39, 0.29) is 35.7 Å². The van der Waals surface area contributed by atoms with E-state index in [2.05, 4.69) is 0 Å². The molecule has 2 aromatic rings. The Kier molecular flexibility index (Phi) is 6.69. The van der Waals surface area contributed by atoms with Gasteiger partial charge in [0.05, 0.1) is 17.0 Å². The number of rotatable bonds is 5. The SMILES string of the molecule is C[C@H](Oc1ccc(S(C)(=O)=O)cc1C(=O)N1Cc2ccc(N3CCCC(F)(F)C3)cc2C1)C(F)(F)F. The Hall–Kier alpha value is -2.89. The number of halogens is 5. The molecule has 0 saturated carbocycles. The third-order valence-corrected chi connectivity index (χ3v) is 7.44. The molecule has 2 aliphatic heterocycles. The van der Waals surface area contributed by atoms with Gasteiger partial charge in [-0.25, -0.2) is 17.2 Å². The smallest absolute Gasteiger partial charge is 0.425 e. The van der Waals surface area contributed by atoms with Gasteiger partial charge in [-0.05, 0) is 54.8 Å². The molecule has 2 aliphatic rings. The van der Waals surface area contributed by atoms with Gasteiger partial charge in [0.1, 0.15) is 5.75 Å². The molecule has 36 heavy (non-hydrogen) atoms. The van der Waals surface area contributed by atoms with Crippen LogP contribution in [0, 0.1) is 0 Å². The lowest BCUT2D eigenvalue weighted by Crippen LogP contribution is -2.42. The second-order valence-corrected chi connectivity index (χ2v) is 11.2. The van der Waals surface area contributed by atoms with E-state index in [9.17, 15) is 35.2 Å². The maximum absolute atomic E-state index is 13.9. The number of carbonyl (C=O) groups excluding carboxylic acids is 1. The summed E-state index contributed by atoms with van der Waals surface area (Å²) in [5.74, 6) is -3.87. The minimum atomic E-state index is -4.69. The second kappa shape index (κ2) is 9.20. The van der Waals surface area contributed by atoms with Gasteiger partial charge in [0, 0.05) is 38.0 Å². The molecule has 1 fully saturated rings. The molecule has 0 N–H and O–H groups in total. The lowest BCUT2D eigenvalue weighted by atomic mass is 10.0. The fourth-order valence-corrected chi connectivity index (χ4v) is 4.99. The van der Waals surface area contributed by atoms with Gasteiger partial charge < -0.3 is 14.5 Å². The van der Waals surface area contributed by atoms with Crippen LogP contribution in [0.5, 0.6) is 5.75 Å². The molecule has 0 aromatic heterocycles. The van der Waals surface area contributed by atoms with E-state index in [1.807, 2.05) is 0 Å². The highest BCUT2D eigenvalue weighted by Gasteiger charge is 2.39. The van der Waals surface area contributed by atoms with Crippen molar-refractivity contribution in [1.82, 2.24) is 4.90 Å². The predicted octanol–water partition coefficient (Wildman–Crippen LogP) is 4.81. The number of amides is 1. The van der Waals surface area contributed by atoms with E-state index in [4.69, 9.17) is 4.74 Å². The molecule has 2 heterocycles. The molecule has 196 valence electrons. The summed E-state index contributed by atoms with van der Waals surface area (Å²) in [7, 11) is -3.75. The summed E-state index contributed by atoms with van der Waals surface area (Å²) in [5.41, 5.74) is 1.78. The monoisotopic (exact) mass is 532 g/mol. The molecule has 2 aromatic carbocycles. The highest BCUT2D eigenvalue weighted by atomic mass is 32.2. The Morgan fingerprint density at radius 2 is 1.78 bits per heavy atom. The Labute approximate surface area is 205 Å². The van der Waals surface area contributed by atoms with E-state index < -0.39 is 40.5 Å². The van der Waals surface area contributed by atoms with E-state index in [0.29, 0.717) is 18.7 Å². The molecule has 0 unspecified atom stereocenters. The van der Waals surface area contributed by atoms with Crippen molar-refractivity contribution in [1.29, 1.82) is 0 Å². The fraction of sp³-hybridized carbons (Fsp3) is 0.458. The van der Waals surface area contributed by atoms with Crippen LogP contribution in [0.2, 0.25) is 0 Å². The molecule has 12 heteroatoms. The van der Waals surface area contributed by atoms with E-state index in [1.165, 1.54) is 4.90 Å². The van der Waals surface area contributed by atoms with Crippen LogP contribution >= 0.6 is 0 Å². The van der Waals surface area contributed by atoms with E-state index in [1.54, 1.807) is 23.1 Å². The first-order valence-electron chi connectivity index (χ1n) is 11.3. The van der Waals surface area contributed by atoms with Gasteiger partial charge in [-0.3, -0.25) is 4.79 Å². The van der Waals surface area contributed by atoms with E-state index in [0.717, 1.165) is 42.5 Å². The van der Waals surface area contributed by atoms with Crippen molar-refractivity contribution in [3.63, 3.8) is 0 Å². The number of piperidine rings is 1. The maximum atomic E-state index is 13.9. The summed E-state index contributed by atoms with van der Waals surface area (Å²) < 4.78 is 96.1. The van der Waals surface area contributed by atoms with Gasteiger partial charge in [-0.15, -0.1) is 0 Å². The minimum absolute atomic E-state index is 0.0869. The number of alkyl halides is 5. The molecule has 1 atom stereocenters. The summed E-state index contributed by atoms with van der Waals surface area (Å²) in [6.45, 7) is 1.08. The van der Waals surface area contributed by atoms with Gasteiger partial charge >= 0.3 is 6.18 Å². The highest BCUT2D eigenvalue weighted by Crippen LogP contribution is 2.35. The molecule has 0 aliphatic carbocycles. The van der Waals surface area contributed by atoms with Crippen molar-refractivity contribution >= 4 is 21.4 Å². The van der Waals surface area contributed by atoms with Crippen LogP contribution in [-0.2, 0) is 22.9 Å². The molecular formula is C24H25F5N2O4S. The van der Waals surface area contributed by atoms with Crippen LogP contribution in [0.1, 0.15) is 41.3 Å². The largest absolute Gasteiger partial charge is 0.480 e. The molecule has 1 saturated heterocycles. The number of benzene rings is 2. The van der Waals surface area contributed by atoms with Crippen LogP contribution in [-0.4, -0.2) is 56.8 Å². The summed E-state index contributed by atoms with van der Waals surface area (Å²) in [6.07, 6.45) is -5.81. The summed E-state index contributed by atoms with van der Waals surface area (Å²) in [5, 5.41) is 0. The number of ether oxygens (including phenoxy) is 1. The first-order valence-corrected chi connectivity index (χ1v) is 13.1. The maximum Gasteiger partial charge on any atom is 0.425 e. The van der Waals surface area contributed by atoms with Crippen LogP contribution in [0.25, 0.3) is 0 Å². The highest BCUT2D eigenvalue weighted by molar-refractivity contribution is 7.90. The lowest BCUT2D eigenvalue weighted by Gasteiger charge is -2.34. The van der Waals surface area contributed by atoms with Crippen molar-refractivity contribution in [2.24, 2.45) is 0 Å². The van der Waals surface area contributed by atoms with Crippen molar-refractivity contribution in [3.05, 3.63) is 53.1 Å². The van der Waals surface area contributed by atoms with Crippen LogP contribution < -0.4 is 9.64 Å². The number of sulfone groups is 1. The average Bonchev–Trinajstić information content (AvgIpc) is 3.20. The normalized spacial score (nSPS) is 18.6. The minimum Gasteiger partial charge on any atom is -0.480 e. The second-order valence-electron chi connectivity index (χ2n) is 9.23. The Morgan fingerprint density at radius 3 is 2.42 bits per heavy atom. The molecule has 0 spiro atoms. The van der Waals surface area contributed by atoms with Crippen LogP contribution in [0.15, 0.2) is 41.3 Å². The zero-order valence-corrected chi connectivity index (χ0v) is 20.4. The standard InChI is InChI=1S/C24H25F5N2O4S/c1-15(24(27,28)29)35-21-7-6-19(36(2,33)34)11-20(21)22(32)31-12-16-4-5-18(10-17(16)13-31)30-9-3-8-23(25,26)14-30/h4-7,10-11,15H,3,8-9,12-14H2,1-2H3/t15-/m0/s1. The number of hydrogen-bond donors (Lipinski definition) is 0. The molecule has 6 nitrogen and oxygen atoms in total. The number of anilines is 1. The summed E-state index contributed by atoms with van der Waals surface area (Å²) in [6, 6.07) is 8.33. The Bertz CT molecular complexity index is 1280. The van der Waals surface area contributed by atoms with Gasteiger partial charge in [-0.1, -0.05) is 6.07 Å². The van der Waals surface area contributed by atoms with Crippen molar-refractivity contribution in [2.45, 2.75) is 56.0 Å². The van der Waals surface area contributed by atoms with Crippen molar-refractivity contribution < 1.29 is 39.9 Å². The fourth-order valence-electron chi connectivity index (χ4n) is 4.34. The predicted molar refractivity (Wildman–Crippen MR) is 122 cm³/mol. The number of nitrogens with zero attached hydrogens (tertiary/aromatic N) is 2. The summed E-state index contributed by atoms with van der Waals surface area (Å²) >= 11 is 0. The lowest BCUT2D eigenvalue weighted by molar-refractivity contribution is -0.189. The Balaban J connectivity index is 1.61. The molecule has 4 rings (SSSR count). The third-order valence-electron chi connectivity index (χ3n) is 6.33. The van der Waals surface area contributed by atoms with Gasteiger partial charge in [0.2, 0.25) is 0 Å². The first-order chi connectivity index (χ1) is 16.6. The zero-order chi connectivity index (χ0) is 26.5. The third kappa shape index (κ3) is 5.58. The number of fused-ring (bicyclic) bond motifs is 1. The summed E-state index contributed by atoms with van der Waals surface area (Å²) in [4.78, 5) is 16.1. The van der Waals surface area contributed by atoms with Gasteiger partial charge in [0.25, 0.3) is 11.8 Å². The van der Waals surface area contributed by atoms with Crippen molar-refractivity contribution in [3.8, 4) is 5.75 Å². The van der Waals surface area contributed by atoms with Gasteiger partial charge in [-0.2, -0.15) is 13.2 Å². The molecular weight excluding hydrogens is 507 g/mol. The quantitative estimate of drug-likeness (QED) is 0.517. The number of hydrogen-bond acceptors (Lipinski definition) is 5.